The lowest BCUT2D eigenvalue weighted by Gasteiger charge is -2.16. The summed E-state index contributed by atoms with van der Waals surface area (Å²) in [6, 6.07) is 0.290. The van der Waals surface area contributed by atoms with Crippen molar-refractivity contribution in [1.82, 2.24) is 5.32 Å². The lowest BCUT2D eigenvalue weighted by atomic mass is 10.2. The average molecular weight is 199 g/mol. The van der Waals surface area contributed by atoms with Crippen LogP contribution in [0.5, 0.6) is 0 Å². The molecule has 2 atom stereocenters. The highest BCUT2D eigenvalue weighted by molar-refractivity contribution is 4.82. The third-order valence-corrected chi connectivity index (χ3v) is 2.60. The molecule has 0 unspecified atom stereocenters. The maximum Gasteiger partial charge on any atom is 0.0693 e. The predicted octanol–water partition coefficient (Wildman–Crippen LogP) is 1.08. The molecule has 0 heterocycles. The van der Waals surface area contributed by atoms with E-state index in [4.69, 9.17) is 4.74 Å². The van der Waals surface area contributed by atoms with Gasteiger partial charge in [0.1, 0.15) is 0 Å². The van der Waals surface area contributed by atoms with Gasteiger partial charge in [-0.05, 0) is 25.7 Å². The Balaban J connectivity index is 1.90. The maximum atomic E-state index is 9.51. The van der Waals surface area contributed by atoms with Gasteiger partial charge < -0.3 is 15.2 Å². The molecule has 0 radical (unpaired) electrons. The molecular formula is C11H21NO2. The van der Waals surface area contributed by atoms with Gasteiger partial charge in [0.2, 0.25) is 0 Å². The van der Waals surface area contributed by atoms with Crippen molar-refractivity contribution in [2.75, 3.05) is 19.8 Å². The Morgan fingerprint density at radius 2 is 2.29 bits per heavy atom. The summed E-state index contributed by atoms with van der Waals surface area (Å²) in [4.78, 5) is 0. The molecule has 1 saturated carbocycles. The molecule has 1 fully saturated rings. The van der Waals surface area contributed by atoms with Gasteiger partial charge in [0.15, 0.2) is 0 Å². The first-order valence-corrected chi connectivity index (χ1v) is 5.44. The number of rotatable bonds is 7. The monoisotopic (exact) mass is 199 g/mol. The number of hydrogen-bond acceptors (Lipinski definition) is 3. The van der Waals surface area contributed by atoms with Crippen LogP contribution in [0.1, 0.15) is 25.7 Å². The lowest BCUT2D eigenvalue weighted by Crippen LogP contribution is -2.37. The summed E-state index contributed by atoms with van der Waals surface area (Å²) in [6.07, 6.45) is 5.78. The van der Waals surface area contributed by atoms with Crippen molar-refractivity contribution in [3.8, 4) is 0 Å². The minimum atomic E-state index is -0.150. The summed E-state index contributed by atoms with van der Waals surface area (Å²) in [6.45, 7) is 5.92. The molecule has 2 N–H and O–H groups in total. The normalized spacial score (nSPS) is 26.6. The molecule has 0 amide bonds. The molecule has 0 aromatic rings. The molecule has 0 bridgehead atoms. The second-order valence-electron chi connectivity index (χ2n) is 3.75. The van der Waals surface area contributed by atoms with Crippen LogP contribution >= 0.6 is 0 Å². The van der Waals surface area contributed by atoms with E-state index in [2.05, 4.69) is 11.9 Å². The van der Waals surface area contributed by atoms with Crippen molar-refractivity contribution in [3.05, 3.63) is 12.7 Å². The van der Waals surface area contributed by atoms with E-state index in [1.807, 2.05) is 6.08 Å². The fourth-order valence-corrected chi connectivity index (χ4v) is 1.76. The highest BCUT2D eigenvalue weighted by Gasteiger charge is 2.23. The Morgan fingerprint density at radius 3 is 2.93 bits per heavy atom. The third kappa shape index (κ3) is 4.22. The van der Waals surface area contributed by atoms with Crippen LogP contribution < -0.4 is 5.32 Å². The Hall–Kier alpha value is -0.380. The minimum absolute atomic E-state index is 0.150. The first-order valence-electron chi connectivity index (χ1n) is 5.44. The molecule has 1 rings (SSSR count). The minimum Gasteiger partial charge on any atom is -0.392 e. The predicted molar refractivity (Wildman–Crippen MR) is 57.3 cm³/mol. The molecule has 0 saturated heterocycles. The highest BCUT2D eigenvalue weighted by Crippen LogP contribution is 2.18. The summed E-state index contributed by atoms with van der Waals surface area (Å²) < 4.78 is 5.35. The van der Waals surface area contributed by atoms with E-state index in [1.165, 1.54) is 0 Å². The molecule has 82 valence electrons. The number of ether oxygens (including phenoxy) is 1. The Kier molecular flexibility index (Phi) is 5.83. The topological polar surface area (TPSA) is 41.5 Å². The molecule has 1 aliphatic rings. The summed E-state index contributed by atoms with van der Waals surface area (Å²) in [5.41, 5.74) is 0. The number of nitrogens with one attached hydrogen (secondary N) is 1. The van der Waals surface area contributed by atoms with Crippen molar-refractivity contribution in [3.63, 3.8) is 0 Å². The smallest absolute Gasteiger partial charge is 0.0693 e. The van der Waals surface area contributed by atoms with Crippen LogP contribution in [0.3, 0.4) is 0 Å². The third-order valence-electron chi connectivity index (χ3n) is 2.60. The van der Waals surface area contributed by atoms with Gasteiger partial charge in [0.25, 0.3) is 0 Å². The van der Waals surface area contributed by atoms with Gasteiger partial charge >= 0.3 is 0 Å². The summed E-state index contributed by atoms with van der Waals surface area (Å²) >= 11 is 0. The van der Waals surface area contributed by atoms with E-state index in [0.29, 0.717) is 0 Å². The van der Waals surface area contributed by atoms with E-state index in [1.54, 1.807) is 0 Å². The standard InChI is InChI=1S/C11H21NO2/c1-2-3-8-14-9-7-12-10-5-4-6-11(10)13/h2,10-13H,1,3-9H2/t10-,11-/m1/s1. The highest BCUT2D eigenvalue weighted by atomic mass is 16.5. The largest absolute Gasteiger partial charge is 0.392 e. The maximum absolute atomic E-state index is 9.51. The Morgan fingerprint density at radius 1 is 1.43 bits per heavy atom. The van der Waals surface area contributed by atoms with Crippen molar-refractivity contribution in [1.29, 1.82) is 0 Å². The van der Waals surface area contributed by atoms with Crippen LogP contribution in [0.4, 0.5) is 0 Å². The van der Waals surface area contributed by atoms with Crippen LogP contribution in [0.25, 0.3) is 0 Å². The molecule has 0 spiro atoms. The fraction of sp³-hybridized carbons (Fsp3) is 0.818. The zero-order valence-corrected chi connectivity index (χ0v) is 8.74. The first-order chi connectivity index (χ1) is 6.84. The summed E-state index contributed by atoms with van der Waals surface area (Å²) in [5, 5.41) is 12.8. The van der Waals surface area contributed by atoms with E-state index in [9.17, 15) is 5.11 Å². The van der Waals surface area contributed by atoms with Gasteiger partial charge in [-0.25, -0.2) is 0 Å². The van der Waals surface area contributed by atoms with E-state index in [-0.39, 0.29) is 12.1 Å². The number of hydrogen-bond donors (Lipinski definition) is 2. The molecule has 14 heavy (non-hydrogen) atoms. The van der Waals surface area contributed by atoms with Crippen LogP contribution in [0, 0.1) is 0 Å². The molecule has 0 aromatic carbocycles. The van der Waals surface area contributed by atoms with Gasteiger partial charge in [0.05, 0.1) is 19.3 Å². The van der Waals surface area contributed by atoms with Crippen LogP contribution in [0.2, 0.25) is 0 Å². The molecule has 3 heteroatoms. The van der Waals surface area contributed by atoms with Gasteiger partial charge in [-0.2, -0.15) is 0 Å². The second-order valence-corrected chi connectivity index (χ2v) is 3.75. The van der Waals surface area contributed by atoms with Gasteiger partial charge in [-0.1, -0.05) is 6.08 Å². The summed E-state index contributed by atoms with van der Waals surface area (Å²) in [5.74, 6) is 0. The number of aliphatic hydroxyl groups is 1. The molecule has 0 aromatic heterocycles. The molecule has 0 aliphatic heterocycles. The zero-order valence-electron chi connectivity index (χ0n) is 8.74. The SMILES string of the molecule is C=CCCOCCN[C@@H]1CCC[C@H]1O. The fourth-order valence-electron chi connectivity index (χ4n) is 1.76. The average Bonchev–Trinajstić information content (AvgIpc) is 2.58. The van der Waals surface area contributed by atoms with Gasteiger partial charge in [0, 0.05) is 12.6 Å². The second kappa shape index (κ2) is 6.98. The van der Waals surface area contributed by atoms with Gasteiger partial charge in [-0.15, -0.1) is 6.58 Å². The molecule has 1 aliphatic carbocycles. The van der Waals surface area contributed by atoms with E-state index >= 15 is 0 Å². The summed E-state index contributed by atoms with van der Waals surface area (Å²) in [7, 11) is 0. The van der Waals surface area contributed by atoms with Crippen LogP contribution in [0.15, 0.2) is 12.7 Å². The van der Waals surface area contributed by atoms with Crippen molar-refractivity contribution >= 4 is 0 Å². The zero-order chi connectivity index (χ0) is 10.2. The van der Waals surface area contributed by atoms with E-state index < -0.39 is 0 Å². The molecule has 3 nitrogen and oxygen atoms in total. The number of aliphatic hydroxyl groups excluding tert-OH is 1. The lowest BCUT2D eigenvalue weighted by molar-refractivity contribution is 0.120. The van der Waals surface area contributed by atoms with Gasteiger partial charge in [-0.3, -0.25) is 0 Å². The Labute approximate surface area is 86.2 Å². The quantitative estimate of drug-likeness (QED) is 0.476. The molecular weight excluding hydrogens is 178 g/mol. The van der Waals surface area contributed by atoms with Crippen LogP contribution in [-0.4, -0.2) is 37.0 Å². The first kappa shape index (κ1) is 11.7. The van der Waals surface area contributed by atoms with Crippen molar-refractivity contribution < 1.29 is 9.84 Å². The van der Waals surface area contributed by atoms with Crippen molar-refractivity contribution in [2.45, 2.75) is 37.8 Å². The van der Waals surface area contributed by atoms with Crippen molar-refractivity contribution in [2.24, 2.45) is 0 Å². The Bertz CT molecular complexity index is 161. The van der Waals surface area contributed by atoms with Crippen LogP contribution in [-0.2, 0) is 4.74 Å². The van der Waals surface area contributed by atoms with E-state index in [0.717, 1.165) is 45.4 Å².